The zero-order valence-electron chi connectivity index (χ0n) is 11.1. The minimum atomic E-state index is 0.184. The minimum absolute atomic E-state index is 0.184. The number of imidazole rings is 1. The average Bonchev–Trinajstić information content (AvgIpc) is 3.03. The maximum absolute atomic E-state index is 5.40. The first-order valence-corrected chi connectivity index (χ1v) is 6.45. The zero-order valence-corrected chi connectivity index (χ0v) is 11.1. The quantitative estimate of drug-likeness (QED) is 0.779. The van der Waals surface area contributed by atoms with E-state index in [0.29, 0.717) is 0 Å². The molecule has 0 saturated carbocycles. The van der Waals surface area contributed by atoms with E-state index in [1.165, 1.54) is 5.69 Å². The summed E-state index contributed by atoms with van der Waals surface area (Å²) in [5.41, 5.74) is 3.24. The number of aromatic nitrogens is 2. The van der Waals surface area contributed by atoms with Crippen molar-refractivity contribution in [1.29, 1.82) is 0 Å². The molecule has 0 spiro atoms. The molecular weight excluding hydrogens is 238 g/mol. The predicted molar refractivity (Wildman–Crippen MR) is 73.9 cm³/mol. The first-order chi connectivity index (χ1) is 9.25. The van der Waals surface area contributed by atoms with Gasteiger partial charge in [-0.15, -0.1) is 0 Å². The molecule has 1 unspecified atom stereocenters. The van der Waals surface area contributed by atoms with Gasteiger partial charge in [0.15, 0.2) is 0 Å². The Kier molecular flexibility index (Phi) is 3.09. The predicted octanol–water partition coefficient (Wildman–Crippen LogP) is 3.09. The van der Waals surface area contributed by atoms with Gasteiger partial charge in [-0.3, -0.25) is 0 Å². The zero-order chi connectivity index (χ0) is 13.2. The third-order valence-electron chi connectivity index (χ3n) is 3.37. The highest BCUT2D eigenvalue weighted by Crippen LogP contribution is 2.15. The highest BCUT2D eigenvalue weighted by atomic mass is 16.3. The van der Waals surface area contributed by atoms with Gasteiger partial charge in [0, 0.05) is 12.7 Å². The Labute approximate surface area is 112 Å². The van der Waals surface area contributed by atoms with Crippen molar-refractivity contribution in [3.05, 3.63) is 59.9 Å². The van der Waals surface area contributed by atoms with Crippen LogP contribution in [0.2, 0.25) is 0 Å². The molecule has 3 aromatic rings. The molecule has 3 heterocycles. The molecule has 4 heteroatoms. The van der Waals surface area contributed by atoms with Gasteiger partial charge in [0.05, 0.1) is 23.7 Å². The van der Waals surface area contributed by atoms with Gasteiger partial charge >= 0.3 is 0 Å². The number of nitrogens with one attached hydrogen (secondary N) is 1. The van der Waals surface area contributed by atoms with Gasteiger partial charge in [-0.25, -0.2) is 4.98 Å². The standard InChI is InChI=1S/C15H17N3O/c1-11-13(18-8-4-3-7-15(18)17-11)10-16-12(2)14-6-5-9-19-14/h3-9,12,16H,10H2,1-2H3. The van der Waals surface area contributed by atoms with Gasteiger partial charge in [-0.05, 0) is 38.1 Å². The summed E-state index contributed by atoms with van der Waals surface area (Å²) in [5.74, 6) is 0.950. The Hall–Kier alpha value is -2.07. The maximum atomic E-state index is 5.40. The second-order valence-electron chi connectivity index (χ2n) is 4.69. The van der Waals surface area contributed by atoms with Crippen LogP contribution in [0.3, 0.4) is 0 Å². The fraction of sp³-hybridized carbons (Fsp3) is 0.267. The van der Waals surface area contributed by atoms with Crippen molar-refractivity contribution in [3.8, 4) is 0 Å². The molecule has 0 aliphatic heterocycles. The van der Waals surface area contributed by atoms with Crippen molar-refractivity contribution in [2.45, 2.75) is 26.4 Å². The Balaban J connectivity index is 1.80. The van der Waals surface area contributed by atoms with Crippen molar-refractivity contribution < 1.29 is 4.42 Å². The average molecular weight is 255 g/mol. The first-order valence-electron chi connectivity index (χ1n) is 6.45. The molecule has 0 aliphatic rings. The van der Waals surface area contributed by atoms with Crippen LogP contribution in [-0.2, 0) is 6.54 Å². The highest BCUT2D eigenvalue weighted by molar-refractivity contribution is 5.42. The van der Waals surface area contributed by atoms with E-state index in [2.05, 4.69) is 21.6 Å². The largest absolute Gasteiger partial charge is 0.468 e. The number of pyridine rings is 1. The lowest BCUT2D eigenvalue weighted by Crippen LogP contribution is -2.19. The van der Waals surface area contributed by atoms with Crippen LogP contribution < -0.4 is 5.32 Å². The number of nitrogens with zero attached hydrogens (tertiary/aromatic N) is 2. The van der Waals surface area contributed by atoms with Crippen LogP contribution >= 0.6 is 0 Å². The molecule has 0 amide bonds. The lowest BCUT2D eigenvalue weighted by Gasteiger charge is -2.11. The summed E-state index contributed by atoms with van der Waals surface area (Å²) in [6.07, 6.45) is 3.75. The highest BCUT2D eigenvalue weighted by Gasteiger charge is 2.11. The number of fused-ring (bicyclic) bond motifs is 1. The number of furan rings is 1. The lowest BCUT2D eigenvalue weighted by molar-refractivity contribution is 0.428. The summed E-state index contributed by atoms with van der Waals surface area (Å²) >= 11 is 0. The molecule has 19 heavy (non-hydrogen) atoms. The van der Waals surface area contributed by atoms with Gasteiger partial charge in [0.2, 0.25) is 0 Å². The second kappa shape index (κ2) is 4.90. The molecule has 1 atom stereocenters. The molecule has 3 aromatic heterocycles. The van der Waals surface area contributed by atoms with E-state index in [0.717, 1.165) is 23.6 Å². The SMILES string of the molecule is Cc1nc2ccccn2c1CNC(C)c1ccco1. The molecule has 0 aliphatic carbocycles. The molecule has 4 nitrogen and oxygen atoms in total. The number of rotatable bonds is 4. The van der Waals surface area contributed by atoms with E-state index in [-0.39, 0.29) is 6.04 Å². The van der Waals surface area contributed by atoms with Crippen LogP contribution in [0.5, 0.6) is 0 Å². The van der Waals surface area contributed by atoms with E-state index < -0.39 is 0 Å². The van der Waals surface area contributed by atoms with E-state index >= 15 is 0 Å². The molecule has 0 radical (unpaired) electrons. The first kappa shape index (κ1) is 12.0. The fourth-order valence-electron chi connectivity index (χ4n) is 2.27. The summed E-state index contributed by atoms with van der Waals surface area (Å²) in [5, 5.41) is 3.47. The van der Waals surface area contributed by atoms with Crippen molar-refractivity contribution in [1.82, 2.24) is 14.7 Å². The Morgan fingerprint density at radius 1 is 1.32 bits per heavy atom. The normalized spacial score (nSPS) is 12.9. The van der Waals surface area contributed by atoms with Gasteiger partial charge in [-0.2, -0.15) is 0 Å². The summed E-state index contributed by atoms with van der Waals surface area (Å²) < 4.78 is 7.52. The van der Waals surface area contributed by atoms with Crippen LogP contribution in [0.1, 0.15) is 30.1 Å². The van der Waals surface area contributed by atoms with Gasteiger partial charge in [-0.1, -0.05) is 6.07 Å². The van der Waals surface area contributed by atoms with Crippen molar-refractivity contribution in [2.75, 3.05) is 0 Å². The molecule has 0 saturated heterocycles. The summed E-state index contributed by atoms with van der Waals surface area (Å²) in [6.45, 7) is 4.90. The minimum Gasteiger partial charge on any atom is -0.468 e. The van der Waals surface area contributed by atoms with Crippen molar-refractivity contribution in [2.24, 2.45) is 0 Å². The van der Waals surface area contributed by atoms with Crippen LogP contribution in [0.25, 0.3) is 5.65 Å². The van der Waals surface area contributed by atoms with Gasteiger partial charge in [0.1, 0.15) is 11.4 Å². The third kappa shape index (κ3) is 2.27. The Bertz CT molecular complexity index is 670. The van der Waals surface area contributed by atoms with Crippen LogP contribution in [-0.4, -0.2) is 9.38 Å². The number of aryl methyl sites for hydroxylation is 1. The Morgan fingerprint density at radius 3 is 3.00 bits per heavy atom. The van der Waals surface area contributed by atoms with E-state index in [4.69, 9.17) is 4.42 Å². The summed E-state index contributed by atoms with van der Waals surface area (Å²) in [7, 11) is 0. The fourth-order valence-corrected chi connectivity index (χ4v) is 2.27. The van der Waals surface area contributed by atoms with Gasteiger partial charge < -0.3 is 14.1 Å². The lowest BCUT2D eigenvalue weighted by atomic mass is 10.2. The Morgan fingerprint density at radius 2 is 2.21 bits per heavy atom. The topological polar surface area (TPSA) is 42.5 Å². The number of hydrogen-bond acceptors (Lipinski definition) is 3. The van der Waals surface area contributed by atoms with Crippen molar-refractivity contribution in [3.63, 3.8) is 0 Å². The van der Waals surface area contributed by atoms with Crippen LogP contribution in [0.4, 0.5) is 0 Å². The van der Waals surface area contributed by atoms with Crippen molar-refractivity contribution >= 4 is 5.65 Å². The maximum Gasteiger partial charge on any atom is 0.137 e. The molecular formula is C15H17N3O. The third-order valence-corrected chi connectivity index (χ3v) is 3.37. The van der Waals surface area contributed by atoms with E-state index in [1.807, 2.05) is 43.5 Å². The summed E-state index contributed by atoms with van der Waals surface area (Å²) in [4.78, 5) is 4.55. The van der Waals surface area contributed by atoms with Crippen LogP contribution in [0.15, 0.2) is 47.2 Å². The monoisotopic (exact) mass is 255 g/mol. The smallest absolute Gasteiger partial charge is 0.137 e. The molecule has 98 valence electrons. The molecule has 0 aromatic carbocycles. The van der Waals surface area contributed by atoms with E-state index in [9.17, 15) is 0 Å². The van der Waals surface area contributed by atoms with Crippen LogP contribution in [0, 0.1) is 6.92 Å². The molecule has 1 N–H and O–H groups in total. The molecule has 0 fully saturated rings. The summed E-state index contributed by atoms with van der Waals surface area (Å²) in [6, 6.07) is 10.1. The molecule has 3 rings (SSSR count). The second-order valence-corrected chi connectivity index (χ2v) is 4.69. The van der Waals surface area contributed by atoms with Gasteiger partial charge in [0.25, 0.3) is 0 Å². The number of hydrogen-bond donors (Lipinski definition) is 1. The van der Waals surface area contributed by atoms with E-state index in [1.54, 1.807) is 6.26 Å². The molecule has 0 bridgehead atoms.